The number of aryl methyl sites for hydroxylation is 3. The van der Waals surface area contributed by atoms with E-state index in [1.165, 1.54) is 6.92 Å². The Balaban J connectivity index is 1.75. The van der Waals surface area contributed by atoms with Crippen LogP contribution in [0.25, 0.3) is 0 Å². The number of sulfonamides is 1. The molecule has 0 bridgehead atoms. The van der Waals surface area contributed by atoms with Gasteiger partial charge in [0.15, 0.2) is 9.34 Å². The van der Waals surface area contributed by atoms with Crippen LogP contribution in [-0.2, 0) is 27.7 Å². The van der Waals surface area contributed by atoms with Crippen molar-refractivity contribution in [3.05, 3.63) is 70.9 Å². The number of carboxylic acids is 1. The first kappa shape index (κ1) is 23.4. The molecule has 10 heteroatoms. The van der Waals surface area contributed by atoms with Crippen LogP contribution in [0.1, 0.15) is 40.5 Å². The van der Waals surface area contributed by atoms with Crippen LogP contribution in [0.15, 0.2) is 52.7 Å². The smallest absolute Gasteiger partial charge is 0.335 e. The topological polar surface area (TPSA) is 125 Å². The van der Waals surface area contributed by atoms with E-state index in [1.807, 2.05) is 12.1 Å². The van der Waals surface area contributed by atoms with Crippen LogP contribution in [0, 0.1) is 6.92 Å². The highest BCUT2D eigenvalue weighted by atomic mass is 32.2. The number of hydrogen-bond donors (Lipinski definition) is 3. The molecular weight excluding hydrogens is 450 g/mol. The molecule has 0 aliphatic rings. The summed E-state index contributed by atoms with van der Waals surface area (Å²) < 4.78 is 28.6. The second kappa shape index (κ2) is 9.92. The third-order valence-corrected chi connectivity index (χ3v) is 7.73. The summed E-state index contributed by atoms with van der Waals surface area (Å²) in [6, 6.07) is 13.9. The summed E-state index contributed by atoms with van der Waals surface area (Å²) in [6.07, 6.45) is 1.76. The molecule has 1 amide bonds. The van der Waals surface area contributed by atoms with Gasteiger partial charge in [-0.15, -0.1) is 0 Å². The Labute approximate surface area is 190 Å². The molecule has 0 saturated heterocycles. The fourth-order valence-corrected chi connectivity index (χ4v) is 5.84. The van der Waals surface area contributed by atoms with Gasteiger partial charge in [-0.25, -0.2) is 18.2 Å². The zero-order valence-corrected chi connectivity index (χ0v) is 19.2. The number of amides is 1. The second-order valence-electron chi connectivity index (χ2n) is 7.15. The summed E-state index contributed by atoms with van der Waals surface area (Å²) in [5.74, 6) is -1.29. The van der Waals surface area contributed by atoms with Crippen molar-refractivity contribution in [3.63, 3.8) is 0 Å². The summed E-state index contributed by atoms with van der Waals surface area (Å²) in [7, 11) is -3.90. The zero-order valence-electron chi connectivity index (χ0n) is 17.6. The van der Waals surface area contributed by atoms with Crippen LogP contribution in [0.2, 0.25) is 0 Å². The number of nitrogens with one attached hydrogen (secondary N) is 2. The average Bonchev–Trinajstić information content (AvgIpc) is 3.09. The minimum atomic E-state index is -3.90. The molecule has 168 valence electrons. The molecule has 0 radical (unpaired) electrons. The van der Waals surface area contributed by atoms with E-state index in [0.717, 1.165) is 22.5 Å². The van der Waals surface area contributed by atoms with Crippen molar-refractivity contribution in [2.75, 3.05) is 10.0 Å². The summed E-state index contributed by atoms with van der Waals surface area (Å²) in [6.45, 7) is 2.90. The molecule has 1 heterocycles. The van der Waals surface area contributed by atoms with Gasteiger partial charge in [-0.05, 0) is 49.4 Å². The van der Waals surface area contributed by atoms with E-state index in [9.17, 15) is 23.1 Å². The van der Waals surface area contributed by atoms with Gasteiger partial charge in [-0.2, -0.15) is 0 Å². The number of carboxylic acid groups (broad SMARTS) is 1. The molecule has 0 atom stereocenters. The first-order valence-corrected chi connectivity index (χ1v) is 12.1. The number of aromatic carboxylic acids is 1. The molecule has 3 aromatic rings. The summed E-state index contributed by atoms with van der Waals surface area (Å²) in [5.41, 5.74) is 2.57. The van der Waals surface area contributed by atoms with Crippen LogP contribution in [0.4, 0.5) is 10.8 Å². The molecule has 0 fully saturated rings. The Hall–Kier alpha value is -3.24. The maximum atomic E-state index is 13.0. The number of nitrogens with zero attached hydrogens (tertiary/aromatic N) is 1. The standard InChI is InChI=1S/C22H23N3O5S2/c1-14-21(31-22(23-14)24-15(2)26)32(29,30)25-19-13-6-4-9-17(19)11-7-10-16-8-3-5-12-18(16)20(27)28/h3-6,8-9,12-13,25H,7,10-11H2,1-2H3,(H,27,28)(H,23,24,26). The molecule has 1 aromatic heterocycles. The number of carbonyl (C=O) groups excluding carboxylic acids is 1. The SMILES string of the molecule is CC(=O)Nc1nc(C)c(S(=O)(=O)Nc2ccccc2CCCc2ccccc2C(=O)O)s1. The van der Waals surface area contributed by atoms with E-state index in [2.05, 4.69) is 15.0 Å². The molecule has 2 aromatic carbocycles. The van der Waals surface area contributed by atoms with Crippen molar-refractivity contribution in [2.45, 2.75) is 37.3 Å². The van der Waals surface area contributed by atoms with Crippen molar-refractivity contribution >= 4 is 44.1 Å². The van der Waals surface area contributed by atoms with E-state index in [1.54, 1.807) is 43.3 Å². The highest BCUT2D eigenvalue weighted by Gasteiger charge is 2.23. The lowest BCUT2D eigenvalue weighted by Crippen LogP contribution is -2.14. The minimum Gasteiger partial charge on any atom is -0.478 e. The van der Waals surface area contributed by atoms with E-state index >= 15 is 0 Å². The first-order valence-electron chi connectivity index (χ1n) is 9.84. The van der Waals surface area contributed by atoms with Gasteiger partial charge in [0.1, 0.15) is 0 Å². The van der Waals surface area contributed by atoms with Crippen molar-refractivity contribution < 1.29 is 23.1 Å². The summed E-state index contributed by atoms with van der Waals surface area (Å²) >= 11 is 0.890. The van der Waals surface area contributed by atoms with Crippen molar-refractivity contribution in [3.8, 4) is 0 Å². The largest absolute Gasteiger partial charge is 0.478 e. The number of carbonyl (C=O) groups is 2. The number of rotatable bonds is 9. The zero-order chi connectivity index (χ0) is 23.3. The Kier molecular flexibility index (Phi) is 7.26. The molecule has 3 N–H and O–H groups in total. The quantitative estimate of drug-likeness (QED) is 0.430. The van der Waals surface area contributed by atoms with Crippen LogP contribution in [0.5, 0.6) is 0 Å². The Bertz CT molecular complexity index is 1250. The maximum Gasteiger partial charge on any atom is 0.335 e. The van der Waals surface area contributed by atoms with Crippen molar-refractivity contribution in [2.24, 2.45) is 0 Å². The van der Waals surface area contributed by atoms with Crippen LogP contribution in [0.3, 0.4) is 0 Å². The number of benzene rings is 2. The number of para-hydroxylation sites is 1. The molecular formula is C22H23N3O5S2. The van der Waals surface area contributed by atoms with Gasteiger partial charge in [0, 0.05) is 6.92 Å². The lowest BCUT2D eigenvalue weighted by atomic mass is 9.99. The van der Waals surface area contributed by atoms with Gasteiger partial charge in [0.05, 0.1) is 16.9 Å². The van der Waals surface area contributed by atoms with E-state index < -0.39 is 16.0 Å². The lowest BCUT2D eigenvalue weighted by molar-refractivity contribution is -0.114. The van der Waals surface area contributed by atoms with Crippen molar-refractivity contribution in [1.29, 1.82) is 0 Å². The monoisotopic (exact) mass is 473 g/mol. The van der Waals surface area contributed by atoms with Crippen LogP contribution in [-0.4, -0.2) is 30.4 Å². The van der Waals surface area contributed by atoms with E-state index in [-0.39, 0.29) is 20.8 Å². The Morgan fingerprint density at radius 3 is 2.34 bits per heavy atom. The first-order chi connectivity index (χ1) is 15.2. The summed E-state index contributed by atoms with van der Waals surface area (Å²) in [5, 5.41) is 12.1. The predicted molar refractivity (Wildman–Crippen MR) is 124 cm³/mol. The molecule has 32 heavy (non-hydrogen) atoms. The fraction of sp³-hybridized carbons (Fsp3) is 0.227. The average molecular weight is 474 g/mol. The van der Waals surface area contributed by atoms with Gasteiger partial charge < -0.3 is 10.4 Å². The highest BCUT2D eigenvalue weighted by molar-refractivity contribution is 7.94. The van der Waals surface area contributed by atoms with Gasteiger partial charge in [0.25, 0.3) is 10.0 Å². The van der Waals surface area contributed by atoms with E-state index in [4.69, 9.17) is 0 Å². The fourth-order valence-electron chi connectivity index (χ4n) is 3.28. The number of aromatic nitrogens is 1. The molecule has 0 saturated carbocycles. The third-order valence-electron chi connectivity index (χ3n) is 4.68. The predicted octanol–water partition coefficient (Wildman–Crippen LogP) is 4.08. The molecule has 3 rings (SSSR count). The third kappa shape index (κ3) is 5.71. The van der Waals surface area contributed by atoms with Crippen LogP contribution >= 0.6 is 11.3 Å². The van der Waals surface area contributed by atoms with Crippen molar-refractivity contribution in [1.82, 2.24) is 4.98 Å². The van der Waals surface area contributed by atoms with E-state index in [0.29, 0.717) is 30.6 Å². The minimum absolute atomic E-state index is 0.0337. The molecule has 8 nitrogen and oxygen atoms in total. The molecule has 0 unspecified atom stereocenters. The maximum absolute atomic E-state index is 13.0. The highest BCUT2D eigenvalue weighted by Crippen LogP contribution is 2.30. The molecule has 0 aliphatic heterocycles. The number of hydrogen-bond acceptors (Lipinski definition) is 6. The van der Waals surface area contributed by atoms with Gasteiger partial charge >= 0.3 is 5.97 Å². The molecule has 0 spiro atoms. The Morgan fingerprint density at radius 1 is 1.03 bits per heavy atom. The number of thiazole rings is 1. The van der Waals surface area contributed by atoms with Gasteiger partial charge in [-0.3, -0.25) is 9.52 Å². The second-order valence-corrected chi connectivity index (χ2v) is 10.0. The Morgan fingerprint density at radius 2 is 1.66 bits per heavy atom. The van der Waals surface area contributed by atoms with Gasteiger partial charge in [0.2, 0.25) is 5.91 Å². The van der Waals surface area contributed by atoms with Gasteiger partial charge in [-0.1, -0.05) is 47.7 Å². The number of anilines is 2. The van der Waals surface area contributed by atoms with Crippen LogP contribution < -0.4 is 10.0 Å². The molecule has 0 aliphatic carbocycles. The normalized spacial score (nSPS) is 11.2. The summed E-state index contributed by atoms with van der Waals surface area (Å²) in [4.78, 5) is 26.7. The lowest BCUT2D eigenvalue weighted by Gasteiger charge is -2.12.